The van der Waals surface area contributed by atoms with Crippen LogP contribution >= 0.6 is 0 Å². The molecule has 0 radical (unpaired) electrons. The largest absolute Gasteiger partial charge is 0.461 e. The number of hydrogen-bond acceptors (Lipinski definition) is 7. The molecule has 2 aromatic rings. The van der Waals surface area contributed by atoms with Crippen LogP contribution in [-0.2, 0) is 16.1 Å². The van der Waals surface area contributed by atoms with Gasteiger partial charge in [-0.25, -0.2) is 0 Å². The molecule has 2 aliphatic heterocycles. The van der Waals surface area contributed by atoms with Gasteiger partial charge in [-0.3, -0.25) is 9.69 Å². The lowest BCUT2D eigenvalue weighted by Gasteiger charge is -2.40. The number of rotatable bonds is 3. The lowest BCUT2D eigenvalue weighted by molar-refractivity contribution is -0.120. The molecule has 4 rings (SSSR count). The molecule has 0 atom stereocenters. The topological polar surface area (TPSA) is 93.6 Å². The van der Waals surface area contributed by atoms with E-state index in [9.17, 15) is 4.79 Å². The lowest BCUT2D eigenvalue weighted by Crippen LogP contribution is -2.50. The minimum absolute atomic E-state index is 0.0746. The molecule has 0 aromatic carbocycles. The fourth-order valence-electron chi connectivity index (χ4n) is 3.22. The molecule has 2 fully saturated rings. The van der Waals surface area contributed by atoms with Crippen molar-refractivity contribution in [1.29, 1.82) is 0 Å². The number of hydrogen-bond donors (Lipinski definition) is 1. The van der Waals surface area contributed by atoms with E-state index >= 15 is 0 Å². The van der Waals surface area contributed by atoms with Crippen LogP contribution in [0.25, 0.3) is 11.6 Å². The summed E-state index contributed by atoms with van der Waals surface area (Å²) in [5.41, 5.74) is -0.225. The Morgan fingerprint density at radius 2 is 2.21 bits per heavy atom. The van der Waals surface area contributed by atoms with Crippen molar-refractivity contribution in [3.05, 3.63) is 24.3 Å². The van der Waals surface area contributed by atoms with Gasteiger partial charge >= 0.3 is 0 Å². The Morgan fingerprint density at radius 3 is 3.00 bits per heavy atom. The van der Waals surface area contributed by atoms with Crippen LogP contribution < -0.4 is 5.32 Å². The zero-order chi connectivity index (χ0) is 16.4. The summed E-state index contributed by atoms with van der Waals surface area (Å²) in [7, 11) is 0. The normalized spacial score (nSPS) is 21.6. The molecule has 1 amide bonds. The molecule has 0 aliphatic carbocycles. The molecular weight excluding hydrogens is 312 g/mol. The van der Waals surface area contributed by atoms with Gasteiger partial charge in [0.05, 0.1) is 25.0 Å². The third-order valence-corrected chi connectivity index (χ3v) is 4.68. The van der Waals surface area contributed by atoms with E-state index in [1.807, 2.05) is 0 Å². The quantitative estimate of drug-likeness (QED) is 0.902. The number of nitrogens with zero attached hydrogens (tertiary/aromatic N) is 3. The predicted octanol–water partition coefficient (Wildman–Crippen LogP) is 1.20. The Bertz CT molecular complexity index is 689. The van der Waals surface area contributed by atoms with Crippen LogP contribution in [0.5, 0.6) is 0 Å². The van der Waals surface area contributed by atoms with Gasteiger partial charge in [0.2, 0.25) is 17.6 Å². The molecule has 8 heteroatoms. The molecule has 128 valence electrons. The minimum Gasteiger partial charge on any atom is -0.461 e. The standard InChI is InChI=1S/C16H20N4O4/c21-13-3-9-23-16(11-17-13)4-6-20(7-5-16)10-14-18-15(19-24-14)12-2-1-8-22-12/h1-2,8H,3-7,9-11H2,(H,17,21). The van der Waals surface area contributed by atoms with Crippen molar-refractivity contribution < 1.29 is 18.5 Å². The summed E-state index contributed by atoms with van der Waals surface area (Å²) in [6.45, 7) is 3.45. The molecule has 0 bridgehead atoms. The fraction of sp³-hybridized carbons (Fsp3) is 0.562. The molecule has 1 spiro atoms. The van der Waals surface area contributed by atoms with Crippen LogP contribution in [0.4, 0.5) is 0 Å². The van der Waals surface area contributed by atoms with Crippen LogP contribution in [0.3, 0.4) is 0 Å². The Hall–Kier alpha value is -2.19. The number of furan rings is 1. The highest BCUT2D eigenvalue weighted by molar-refractivity contribution is 5.76. The van der Waals surface area contributed by atoms with E-state index in [0.29, 0.717) is 43.6 Å². The first-order valence-corrected chi connectivity index (χ1v) is 8.22. The van der Waals surface area contributed by atoms with Crippen LogP contribution in [0.1, 0.15) is 25.2 Å². The highest BCUT2D eigenvalue weighted by Crippen LogP contribution is 2.28. The van der Waals surface area contributed by atoms with E-state index in [1.54, 1.807) is 18.4 Å². The second kappa shape index (κ2) is 6.37. The number of ether oxygens (including phenoxy) is 1. The van der Waals surface area contributed by atoms with Gasteiger partial charge in [0.15, 0.2) is 5.76 Å². The molecule has 1 N–H and O–H groups in total. The van der Waals surface area contributed by atoms with Crippen molar-refractivity contribution >= 4 is 5.91 Å². The van der Waals surface area contributed by atoms with Crippen LogP contribution in [-0.4, -0.2) is 52.8 Å². The second-order valence-electron chi connectivity index (χ2n) is 6.32. The molecule has 4 heterocycles. The van der Waals surface area contributed by atoms with Gasteiger partial charge in [0.25, 0.3) is 0 Å². The van der Waals surface area contributed by atoms with Gasteiger partial charge in [0, 0.05) is 26.1 Å². The van der Waals surface area contributed by atoms with Crippen molar-refractivity contribution in [3.63, 3.8) is 0 Å². The monoisotopic (exact) mass is 332 g/mol. The van der Waals surface area contributed by atoms with Crippen LogP contribution in [0.15, 0.2) is 27.3 Å². The number of piperidine rings is 1. The minimum atomic E-state index is -0.225. The molecule has 24 heavy (non-hydrogen) atoms. The maximum absolute atomic E-state index is 11.5. The van der Waals surface area contributed by atoms with Gasteiger partial charge in [-0.1, -0.05) is 5.16 Å². The van der Waals surface area contributed by atoms with Crippen molar-refractivity contribution in [1.82, 2.24) is 20.4 Å². The molecular formula is C16H20N4O4. The molecule has 2 aliphatic rings. The summed E-state index contributed by atoms with van der Waals surface area (Å²) >= 11 is 0. The maximum Gasteiger partial charge on any atom is 0.241 e. The molecule has 0 unspecified atom stereocenters. The molecule has 0 saturated carbocycles. The van der Waals surface area contributed by atoms with Gasteiger partial charge in [0.1, 0.15) is 0 Å². The molecule has 2 saturated heterocycles. The van der Waals surface area contributed by atoms with Crippen molar-refractivity contribution in [3.8, 4) is 11.6 Å². The van der Waals surface area contributed by atoms with Gasteiger partial charge in [-0.05, 0) is 25.0 Å². The number of amides is 1. The summed E-state index contributed by atoms with van der Waals surface area (Å²) in [6, 6.07) is 3.60. The molecule has 2 aromatic heterocycles. The van der Waals surface area contributed by atoms with Crippen molar-refractivity contribution in [2.75, 3.05) is 26.2 Å². The lowest BCUT2D eigenvalue weighted by atomic mass is 9.91. The zero-order valence-electron chi connectivity index (χ0n) is 13.4. The first-order chi connectivity index (χ1) is 11.7. The van der Waals surface area contributed by atoms with Crippen LogP contribution in [0.2, 0.25) is 0 Å². The number of aromatic nitrogens is 2. The van der Waals surface area contributed by atoms with E-state index in [1.165, 1.54) is 0 Å². The van der Waals surface area contributed by atoms with Crippen molar-refractivity contribution in [2.24, 2.45) is 0 Å². The zero-order valence-corrected chi connectivity index (χ0v) is 13.4. The summed E-state index contributed by atoms with van der Waals surface area (Å²) in [5.74, 6) is 1.72. The second-order valence-corrected chi connectivity index (χ2v) is 6.32. The Labute approximate surface area is 139 Å². The predicted molar refractivity (Wildman–Crippen MR) is 82.8 cm³/mol. The van der Waals surface area contributed by atoms with E-state index in [-0.39, 0.29) is 11.5 Å². The Balaban J connectivity index is 1.34. The third kappa shape index (κ3) is 3.20. The van der Waals surface area contributed by atoms with E-state index in [4.69, 9.17) is 13.7 Å². The summed E-state index contributed by atoms with van der Waals surface area (Å²) in [5, 5.41) is 6.90. The summed E-state index contributed by atoms with van der Waals surface area (Å²) in [6.07, 6.45) is 3.79. The Kier molecular flexibility index (Phi) is 4.07. The number of carbonyl (C=O) groups excluding carboxylic acids is 1. The number of likely N-dealkylation sites (tertiary alicyclic amines) is 1. The van der Waals surface area contributed by atoms with Crippen molar-refractivity contribution in [2.45, 2.75) is 31.4 Å². The smallest absolute Gasteiger partial charge is 0.241 e. The molecule has 8 nitrogen and oxygen atoms in total. The summed E-state index contributed by atoms with van der Waals surface area (Å²) < 4.78 is 16.6. The highest BCUT2D eigenvalue weighted by atomic mass is 16.5. The van der Waals surface area contributed by atoms with E-state index in [0.717, 1.165) is 25.9 Å². The van der Waals surface area contributed by atoms with E-state index in [2.05, 4.69) is 20.4 Å². The SMILES string of the molecule is O=C1CCOC2(CCN(Cc3nc(-c4ccco4)no3)CC2)CN1. The van der Waals surface area contributed by atoms with Gasteiger partial charge in [-0.2, -0.15) is 4.98 Å². The number of nitrogens with one attached hydrogen (secondary N) is 1. The van der Waals surface area contributed by atoms with E-state index < -0.39 is 0 Å². The third-order valence-electron chi connectivity index (χ3n) is 4.68. The fourth-order valence-corrected chi connectivity index (χ4v) is 3.22. The average Bonchev–Trinajstić information content (AvgIpc) is 3.23. The Morgan fingerprint density at radius 1 is 1.33 bits per heavy atom. The number of carbonyl (C=O) groups is 1. The first kappa shape index (κ1) is 15.3. The van der Waals surface area contributed by atoms with Gasteiger partial charge < -0.3 is 19.0 Å². The summed E-state index contributed by atoms with van der Waals surface area (Å²) in [4.78, 5) is 18.1. The maximum atomic E-state index is 11.5. The van der Waals surface area contributed by atoms with Gasteiger partial charge in [-0.15, -0.1) is 0 Å². The first-order valence-electron chi connectivity index (χ1n) is 8.22. The van der Waals surface area contributed by atoms with Crippen LogP contribution in [0, 0.1) is 0 Å². The average molecular weight is 332 g/mol. The highest BCUT2D eigenvalue weighted by Gasteiger charge is 2.37.